The van der Waals surface area contributed by atoms with Crippen molar-refractivity contribution in [3.8, 4) is 0 Å². The second kappa shape index (κ2) is 7.21. The third kappa shape index (κ3) is 6.88. The fourth-order valence-corrected chi connectivity index (χ4v) is 2.25. The van der Waals surface area contributed by atoms with Crippen LogP contribution in [0.25, 0.3) is 0 Å². The maximum atomic E-state index is 11.9. The quantitative estimate of drug-likeness (QED) is 0.731. The first-order valence-electron chi connectivity index (χ1n) is 6.47. The second-order valence-corrected chi connectivity index (χ2v) is 4.91. The molecule has 0 aromatic carbocycles. The highest BCUT2D eigenvalue weighted by molar-refractivity contribution is 4.75. The Balaban J connectivity index is 1.96. The van der Waals surface area contributed by atoms with Crippen LogP contribution in [0.15, 0.2) is 0 Å². The van der Waals surface area contributed by atoms with Crippen LogP contribution in [0.1, 0.15) is 38.5 Å². The van der Waals surface area contributed by atoms with Crippen LogP contribution < -0.4 is 5.32 Å². The van der Waals surface area contributed by atoms with E-state index in [1.165, 1.54) is 19.3 Å². The molecule has 17 heavy (non-hydrogen) atoms. The maximum Gasteiger partial charge on any atom is 0.389 e. The van der Waals surface area contributed by atoms with Gasteiger partial charge >= 0.3 is 6.18 Å². The van der Waals surface area contributed by atoms with Crippen LogP contribution in [0.3, 0.4) is 0 Å². The van der Waals surface area contributed by atoms with Gasteiger partial charge in [0.1, 0.15) is 0 Å². The van der Waals surface area contributed by atoms with Gasteiger partial charge < -0.3 is 10.2 Å². The van der Waals surface area contributed by atoms with Crippen molar-refractivity contribution in [3.05, 3.63) is 0 Å². The number of piperidine rings is 1. The Labute approximate surface area is 102 Å². The first-order valence-corrected chi connectivity index (χ1v) is 6.47. The summed E-state index contributed by atoms with van der Waals surface area (Å²) in [5, 5.41) is 3.26. The van der Waals surface area contributed by atoms with Gasteiger partial charge in [-0.05, 0) is 45.8 Å². The minimum absolute atomic E-state index is 0.233. The van der Waals surface area contributed by atoms with Gasteiger partial charge in [-0.1, -0.05) is 6.42 Å². The summed E-state index contributed by atoms with van der Waals surface area (Å²) in [4.78, 5) is 2.34. The zero-order chi connectivity index (χ0) is 12.7. The molecule has 1 N–H and O–H groups in total. The van der Waals surface area contributed by atoms with E-state index >= 15 is 0 Å². The molecule has 1 unspecified atom stereocenters. The molecule has 102 valence electrons. The molecule has 0 radical (unpaired) electrons. The number of alkyl halides is 3. The predicted molar refractivity (Wildman–Crippen MR) is 63.0 cm³/mol. The van der Waals surface area contributed by atoms with Gasteiger partial charge in [0.15, 0.2) is 0 Å². The van der Waals surface area contributed by atoms with Gasteiger partial charge in [-0.2, -0.15) is 13.2 Å². The molecule has 0 saturated carbocycles. The Morgan fingerprint density at radius 1 is 1.24 bits per heavy atom. The number of nitrogens with one attached hydrogen (secondary N) is 1. The van der Waals surface area contributed by atoms with E-state index in [4.69, 9.17) is 0 Å². The highest BCUT2D eigenvalue weighted by Gasteiger charge is 2.25. The summed E-state index contributed by atoms with van der Waals surface area (Å²) in [7, 11) is 2.12. The summed E-state index contributed by atoms with van der Waals surface area (Å²) in [5.41, 5.74) is 0. The van der Waals surface area contributed by atoms with E-state index in [2.05, 4.69) is 17.3 Å². The number of likely N-dealkylation sites (tertiary alicyclic amines) is 1. The molecule has 0 aromatic rings. The van der Waals surface area contributed by atoms with Crippen molar-refractivity contribution in [2.75, 3.05) is 26.7 Å². The van der Waals surface area contributed by atoms with Crippen molar-refractivity contribution < 1.29 is 13.2 Å². The van der Waals surface area contributed by atoms with Crippen molar-refractivity contribution >= 4 is 0 Å². The van der Waals surface area contributed by atoms with Gasteiger partial charge in [-0.25, -0.2) is 0 Å². The van der Waals surface area contributed by atoms with Crippen molar-refractivity contribution in [1.29, 1.82) is 0 Å². The molecule has 0 spiro atoms. The molecule has 0 aliphatic carbocycles. The molecule has 0 amide bonds. The lowest BCUT2D eigenvalue weighted by atomic mass is 10.0. The molecule has 1 saturated heterocycles. The van der Waals surface area contributed by atoms with E-state index in [0.717, 1.165) is 13.1 Å². The number of nitrogens with zero attached hydrogens (tertiary/aromatic N) is 1. The zero-order valence-corrected chi connectivity index (χ0v) is 10.5. The van der Waals surface area contributed by atoms with Crippen molar-refractivity contribution in [2.24, 2.45) is 0 Å². The van der Waals surface area contributed by atoms with E-state index in [1.807, 2.05) is 0 Å². The molecular weight excluding hydrogens is 229 g/mol. The number of unbranched alkanes of at least 4 members (excludes halogenated alkanes) is 1. The molecule has 1 rings (SSSR count). The Kier molecular flexibility index (Phi) is 6.27. The molecule has 2 nitrogen and oxygen atoms in total. The lowest BCUT2D eigenvalue weighted by Crippen LogP contribution is -2.43. The average molecular weight is 252 g/mol. The number of rotatable bonds is 6. The highest BCUT2D eigenvalue weighted by Crippen LogP contribution is 2.21. The van der Waals surface area contributed by atoms with Crippen molar-refractivity contribution in [2.45, 2.75) is 50.7 Å². The van der Waals surface area contributed by atoms with E-state index in [0.29, 0.717) is 19.0 Å². The van der Waals surface area contributed by atoms with E-state index < -0.39 is 12.6 Å². The van der Waals surface area contributed by atoms with Crippen LogP contribution in [-0.2, 0) is 0 Å². The van der Waals surface area contributed by atoms with Crippen LogP contribution in [0, 0.1) is 0 Å². The molecule has 0 bridgehead atoms. The van der Waals surface area contributed by atoms with Gasteiger partial charge in [0.25, 0.3) is 0 Å². The molecule has 1 aliphatic heterocycles. The lowest BCUT2D eigenvalue weighted by molar-refractivity contribution is -0.135. The summed E-state index contributed by atoms with van der Waals surface area (Å²) in [6.07, 6.45) is -0.0794. The molecule has 0 aromatic heterocycles. The van der Waals surface area contributed by atoms with Gasteiger partial charge in [-0.3, -0.25) is 0 Å². The van der Waals surface area contributed by atoms with Gasteiger partial charge in [0.05, 0.1) is 0 Å². The van der Waals surface area contributed by atoms with Crippen LogP contribution in [0.2, 0.25) is 0 Å². The second-order valence-electron chi connectivity index (χ2n) is 4.91. The Hall–Kier alpha value is -0.290. The number of halogens is 3. The molecular formula is C12H23F3N2. The minimum atomic E-state index is -4.00. The Morgan fingerprint density at radius 3 is 2.65 bits per heavy atom. The van der Waals surface area contributed by atoms with Crippen LogP contribution in [0.5, 0.6) is 0 Å². The lowest BCUT2D eigenvalue weighted by Gasteiger charge is -2.32. The van der Waals surface area contributed by atoms with Crippen molar-refractivity contribution in [3.63, 3.8) is 0 Å². The summed E-state index contributed by atoms with van der Waals surface area (Å²) >= 11 is 0. The fraction of sp³-hybridized carbons (Fsp3) is 1.00. The summed E-state index contributed by atoms with van der Waals surface area (Å²) in [6.45, 7) is 2.74. The largest absolute Gasteiger partial charge is 0.389 e. The summed E-state index contributed by atoms with van der Waals surface area (Å²) in [6, 6.07) is 0.561. The predicted octanol–water partition coefficient (Wildman–Crippen LogP) is 2.79. The van der Waals surface area contributed by atoms with Crippen LogP contribution in [0.4, 0.5) is 13.2 Å². The maximum absolute atomic E-state index is 11.9. The number of hydrogen-bond donors (Lipinski definition) is 1. The average Bonchev–Trinajstić information content (AvgIpc) is 2.24. The molecule has 1 aliphatic rings. The third-order valence-electron chi connectivity index (χ3n) is 3.37. The first kappa shape index (κ1) is 14.8. The topological polar surface area (TPSA) is 15.3 Å². The van der Waals surface area contributed by atoms with Crippen LogP contribution >= 0.6 is 0 Å². The first-order chi connectivity index (χ1) is 7.99. The van der Waals surface area contributed by atoms with E-state index in [-0.39, 0.29) is 6.42 Å². The Bertz CT molecular complexity index is 206. The summed E-state index contributed by atoms with van der Waals surface area (Å²) in [5.74, 6) is 0. The molecule has 5 heteroatoms. The normalized spacial score (nSPS) is 22.9. The monoisotopic (exact) mass is 252 g/mol. The smallest absolute Gasteiger partial charge is 0.315 e. The fourth-order valence-electron chi connectivity index (χ4n) is 2.25. The van der Waals surface area contributed by atoms with Crippen molar-refractivity contribution in [1.82, 2.24) is 10.2 Å². The van der Waals surface area contributed by atoms with Gasteiger partial charge in [-0.15, -0.1) is 0 Å². The van der Waals surface area contributed by atoms with E-state index in [1.54, 1.807) is 0 Å². The molecule has 1 fully saturated rings. The number of likely N-dealkylation sites (N-methyl/N-ethyl adjacent to an activating group) is 1. The molecule has 1 heterocycles. The highest BCUT2D eigenvalue weighted by atomic mass is 19.4. The van der Waals surface area contributed by atoms with E-state index in [9.17, 15) is 13.2 Å². The molecule has 1 atom stereocenters. The third-order valence-corrected chi connectivity index (χ3v) is 3.37. The number of hydrogen-bond acceptors (Lipinski definition) is 2. The zero-order valence-electron chi connectivity index (χ0n) is 10.5. The SMILES string of the molecule is CN1CCCCC1CNCCCCC(F)(F)F. The minimum Gasteiger partial charge on any atom is -0.315 e. The van der Waals surface area contributed by atoms with Gasteiger partial charge in [0.2, 0.25) is 0 Å². The summed E-state index contributed by atoms with van der Waals surface area (Å²) < 4.78 is 35.6. The van der Waals surface area contributed by atoms with Gasteiger partial charge in [0, 0.05) is 19.0 Å². The van der Waals surface area contributed by atoms with Crippen LogP contribution in [-0.4, -0.2) is 43.8 Å². The Morgan fingerprint density at radius 2 is 2.00 bits per heavy atom. The standard InChI is InChI=1S/C12H23F3N2/c1-17-9-5-2-6-11(17)10-16-8-4-3-7-12(13,14)15/h11,16H,2-10H2,1H3.